The number of hydrogen-bond acceptors (Lipinski definition) is 4. The SMILES string of the molecule is CN(CCC(=O)N1CCNCC1)C1CCCN(Cc2ccccc2)C1. The van der Waals surface area contributed by atoms with E-state index in [0.29, 0.717) is 18.4 Å². The predicted molar refractivity (Wildman–Crippen MR) is 101 cm³/mol. The first-order valence-electron chi connectivity index (χ1n) is 9.67. The van der Waals surface area contributed by atoms with E-state index in [2.05, 4.69) is 52.5 Å². The number of piperazine rings is 1. The number of amides is 1. The molecule has 1 aromatic rings. The number of likely N-dealkylation sites (N-methyl/N-ethyl adjacent to an activating group) is 1. The number of carbonyl (C=O) groups is 1. The molecule has 5 nitrogen and oxygen atoms in total. The summed E-state index contributed by atoms with van der Waals surface area (Å²) in [6, 6.07) is 11.3. The van der Waals surface area contributed by atoms with Gasteiger partial charge in [-0.25, -0.2) is 0 Å². The summed E-state index contributed by atoms with van der Waals surface area (Å²) in [6.07, 6.45) is 3.13. The third-order valence-electron chi connectivity index (χ3n) is 5.50. The van der Waals surface area contributed by atoms with Crippen LogP contribution in [-0.4, -0.2) is 79.5 Å². The fourth-order valence-electron chi connectivity index (χ4n) is 3.90. The zero-order valence-electron chi connectivity index (χ0n) is 15.5. The van der Waals surface area contributed by atoms with Crippen LogP contribution in [0.3, 0.4) is 0 Å². The van der Waals surface area contributed by atoms with Gasteiger partial charge < -0.3 is 15.1 Å². The fraction of sp³-hybridized carbons (Fsp3) is 0.650. The van der Waals surface area contributed by atoms with Gasteiger partial charge in [0.1, 0.15) is 0 Å². The van der Waals surface area contributed by atoms with E-state index in [0.717, 1.165) is 45.8 Å². The van der Waals surface area contributed by atoms with Gasteiger partial charge >= 0.3 is 0 Å². The number of hydrogen-bond donors (Lipinski definition) is 1. The van der Waals surface area contributed by atoms with Gasteiger partial charge in [0.15, 0.2) is 0 Å². The maximum atomic E-state index is 12.4. The van der Waals surface area contributed by atoms with Crippen molar-refractivity contribution in [2.24, 2.45) is 0 Å². The Morgan fingerprint density at radius 3 is 2.72 bits per heavy atom. The summed E-state index contributed by atoms with van der Waals surface area (Å²) in [5.74, 6) is 0.310. The molecule has 3 rings (SSSR count). The minimum Gasteiger partial charge on any atom is -0.340 e. The minimum absolute atomic E-state index is 0.310. The van der Waals surface area contributed by atoms with E-state index in [1.807, 2.05) is 4.90 Å². The number of nitrogens with one attached hydrogen (secondary N) is 1. The molecule has 0 spiro atoms. The highest BCUT2D eigenvalue weighted by atomic mass is 16.2. The zero-order valence-corrected chi connectivity index (χ0v) is 15.5. The van der Waals surface area contributed by atoms with Gasteiger partial charge in [0.05, 0.1) is 0 Å². The minimum atomic E-state index is 0.310. The van der Waals surface area contributed by atoms with Gasteiger partial charge in [0, 0.05) is 58.3 Å². The van der Waals surface area contributed by atoms with Crippen LogP contribution in [0.5, 0.6) is 0 Å². The molecular formula is C20H32N4O. The van der Waals surface area contributed by atoms with Gasteiger partial charge in [-0.3, -0.25) is 9.69 Å². The predicted octanol–water partition coefficient (Wildman–Crippen LogP) is 1.40. The standard InChI is InChI=1S/C20H32N4O/c1-22(13-9-20(25)24-14-10-21-11-15-24)19-8-5-12-23(17-19)16-18-6-3-2-4-7-18/h2-4,6-7,19,21H,5,8-17H2,1H3. The molecule has 1 N–H and O–H groups in total. The molecule has 2 heterocycles. The molecule has 2 saturated heterocycles. The molecule has 2 aliphatic rings. The van der Waals surface area contributed by atoms with E-state index in [-0.39, 0.29) is 0 Å². The highest BCUT2D eigenvalue weighted by Gasteiger charge is 2.24. The van der Waals surface area contributed by atoms with E-state index < -0.39 is 0 Å². The molecule has 138 valence electrons. The van der Waals surface area contributed by atoms with Crippen molar-refractivity contribution in [3.05, 3.63) is 35.9 Å². The normalized spacial score (nSPS) is 22.3. The van der Waals surface area contributed by atoms with Crippen LogP contribution in [0.25, 0.3) is 0 Å². The summed E-state index contributed by atoms with van der Waals surface area (Å²) in [4.78, 5) is 19.3. The number of piperidine rings is 1. The Bertz CT molecular complexity index is 530. The van der Waals surface area contributed by atoms with Gasteiger partial charge in [-0.1, -0.05) is 30.3 Å². The number of nitrogens with zero attached hydrogens (tertiary/aromatic N) is 3. The molecule has 0 bridgehead atoms. The lowest BCUT2D eigenvalue weighted by Crippen LogP contribution is -2.49. The van der Waals surface area contributed by atoms with Gasteiger partial charge in [-0.05, 0) is 32.0 Å². The molecule has 5 heteroatoms. The first kappa shape index (κ1) is 18.4. The highest BCUT2D eigenvalue weighted by Crippen LogP contribution is 2.17. The van der Waals surface area contributed by atoms with Gasteiger partial charge in [0.2, 0.25) is 5.91 Å². The van der Waals surface area contributed by atoms with Crippen molar-refractivity contribution in [3.63, 3.8) is 0 Å². The largest absolute Gasteiger partial charge is 0.340 e. The summed E-state index contributed by atoms with van der Waals surface area (Å²) in [7, 11) is 2.18. The third kappa shape index (κ3) is 5.53. The first-order valence-corrected chi connectivity index (χ1v) is 9.67. The maximum absolute atomic E-state index is 12.4. The number of carbonyl (C=O) groups excluding carboxylic acids is 1. The lowest BCUT2D eigenvalue weighted by atomic mass is 10.0. The van der Waals surface area contributed by atoms with Crippen molar-refractivity contribution < 1.29 is 4.79 Å². The summed E-state index contributed by atoms with van der Waals surface area (Å²) in [5.41, 5.74) is 1.39. The van der Waals surface area contributed by atoms with Crippen LogP contribution in [0.15, 0.2) is 30.3 Å². The highest BCUT2D eigenvalue weighted by molar-refractivity contribution is 5.76. The van der Waals surface area contributed by atoms with Crippen LogP contribution in [0.2, 0.25) is 0 Å². The molecule has 0 saturated carbocycles. The van der Waals surface area contributed by atoms with E-state index in [1.54, 1.807) is 0 Å². The Morgan fingerprint density at radius 1 is 1.20 bits per heavy atom. The monoisotopic (exact) mass is 344 g/mol. The van der Waals surface area contributed by atoms with Crippen LogP contribution >= 0.6 is 0 Å². The second kappa shape index (κ2) is 9.32. The average molecular weight is 345 g/mol. The summed E-state index contributed by atoms with van der Waals surface area (Å²) in [6.45, 7) is 7.76. The molecule has 0 aromatic heterocycles. The van der Waals surface area contributed by atoms with Crippen LogP contribution in [-0.2, 0) is 11.3 Å². The summed E-state index contributed by atoms with van der Waals surface area (Å²) in [5, 5.41) is 3.30. The summed E-state index contributed by atoms with van der Waals surface area (Å²) >= 11 is 0. The number of rotatable bonds is 6. The fourth-order valence-corrected chi connectivity index (χ4v) is 3.90. The Kier molecular flexibility index (Phi) is 6.84. The summed E-state index contributed by atoms with van der Waals surface area (Å²) < 4.78 is 0. The molecule has 0 aliphatic carbocycles. The lowest BCUT2D eigenvalue weighted by molar-refractivity contribution is -0.132. The second-order valence-electron chi connectivity index (χ2n) is 7.38. The van der Waals surface area contributed by atoms with Gasteiger partial charge in [-0.15, -0.1) is 0 Å². The Labute approximate surface area is 152 Å². The van der Waals surface area contributed by atoms with Crippen molar-refractivity contribution in [1.29, 1.82) is 0 Å². The topological polar surface area (TPSA) is 38.8 Å². The van der Waals surface area contributed by atoms with Crippen LogP contribution in [0, 0.1) is 0 Å². The van der Waals surface area contributed by atoms with Gasteiger partial charge in [-0.2, -0.15) is 0 Å². The second-order valence-corrected chi connectivity index (χ2v) is 7.38. The molecule has 25 heavy (non-hydrogen) atoms. The third-order valence-corrected chi connectivity index (χ3v) is 5.50. The Hall–Kier alpha value is -1.43. The van der Waals surface area contributed by atoms with Gasteiger partial charge in [0.25, 0.3) is 0 Å². The quantitative estimate of drug-likeness (QED) is 0.847. The number of benzene rings is 1. The molecule has 1 atom stereocenters. The molecule has 2 aliphatic heterocycles. The maximum Gasteiger partial charge on any atom is 0.223 e. The van der Waals surface area contributed by atoms with Crippen LogP contribution in [0.1, 0.15) is 24.8 Å². The van der Waals surface area contributed by atoms with E-state index in [4.69, 9.17) is 0 Å². The van der Waals surface area contributed by atoms with Crippen LogP contribution < -0.4 is 5.32 Å². The lowest BCUT2D eigenvalue weighted by Gasteiger charge is -2.38. The Morgan fingerprint density at radius 2 is 1.96 bits per heavy atom. The van der Waals surface area contributed by atoms with Crippen molar-refractivity contribution in [3.8, 4) is 0 Å². The smallest absolute Gasteiger partial charge is 0.223 e. The van der Waals surface area contributed by atoms with E-state index >= 15 is 0 Å². The molecule has 0 radical (unpaired) electrons. The molecule has 2 fully saturated rings. The van der Waals surface area contributed by atoms with Crippen molar-refractivity contribution >= 4 is 5.91 Å². The molecular weight excluding hydrogens is 312 g/mol. The zero-order chi connectivity index (χ0) is 17.5. The van der Waals surface area contributed by atoms with Crippen LogP contribution in [0.4, 0.5) is 0 Å². The van der Waals surface area contributed by atoms with Crippen molar-refractivity contribution in [2.45, 2.75) is 31.8 Å². The first-order chi connectivity index (χ1) is 12.2. The van der Waals surface area contributed by atoms with Crippen molar-refractivity contribution in [2.75, 3.05) is 52.9 Å². The van der Waals surface area contributed by atoms with Crippen molar-refractivity contribution in [1.82, 2.24) is 20.0 Å². The number of likely N-dealkylation sites (tertiary alicyclic amines) is 1. The average Bonchev–Trinajstić information content (AvgIpc) is 2.67. The molecule has 1 unspecified atom stereocenters. The van der Waals surface area contributed by atoms with E-state index in [9.17, 15) is 4.79 Å². The Balaban J connectivity index is 1.43. The molecule has 1 amide bonds. The van der Waals surface area contributed by atoms with E-state index in [1.165, 1.54) is 24.9 Å². The molecule has 1 aromatic carbocycles.